The van der Waals surface area contributed by atoms with Crippen LogP contribution in [0.1, 0.15) is 24.2 Å². The molecule has 1 aromatic carbocycles. The summed E-state index contributed by atoms with van der Waals surface area (Å²) in [5.41, 5.74) is 0.0413. The highest BCUT2D eigenvalue weighted by Gasteiger charge is 2.37. The lowest BCUT2D eigenvalue weighted by Gasteiger charge is -2.37. The number of nitrogens with zero attached hydrogens (tertiary/aromatic N) is 4. The van der Waals surface area contributed by atoms with Crippen LogP contribution < -0.4 is 4.90 Å². The number of fused-ring (bicyclic) bond motifs is 1. The van der Waals surface area contributed by atoms with E-state index >= 15 is 0 Å². The van der Waals surface area contributed by atoms with E-state index in [2.05, 4.69) is 29.8 Å². The number of anilines is 1. The molecule has 0 bridgehead atoms. The maximum Gasteiger partial charge on any atom is 0.416 e. The Morgan fingerprint density at radius 3 is 2.33 bits per heavy atom. The molecule has 0 saturated carbocycles. The Morgan fingerprint density at radius 2 is 1.67 bits per heavy atom. The molecule has 33 heavy (non-hydrogen) atoms. The van der Waals surface area contributed by atoms with E-state index in [9.17, 15) is 18.3 Å². The Kier molecular flexibility index (Phi) is 6.92. The second-order valence-electron chi connectivity index (χ2n) is 7.68. The van der Waals surface area contributed by atoms with Gasteiger partial charge in [0.05, 0.1) is 22.8 Å². The van der Waals surface area contributed by atoms with Gasteiger partial charge in [0.2, 0.25) is 0 Å². The highest BCUT2D eigenvalue weighted by Crippen LogP contribution is 2.35. The SMILES string of the molecule is Cl.Cl.OC1(c2ncc(-c3ccc(C(F)(F)F)cc3)[nH]2)CCN(c2ncnc3[nH]ccc23)CC1. The van der Waals surface area contributed by atoms with Gasteiger partial charge < -0.3 is 20.0 Å². The van der Waals surface area contributed by atoms with Crippen LogP contribution in [0.25, 0.3) is 22.3 Å². The number of halogens is 5. The summed E-state index contributed by atoms with van der Waals surface area (Å²) in [6.07, 6.45) is 1.35. The molecular formula is C21H21Cl2F3N6O. The highest BCUT2D eigenvalue weighted by atomic mass is 35.5. The van der Waals surface area contributed by atoms with Crippen LogP contribution in [0.15, 0.2) is 49.1 Å². The lowest BCUT2D eigenvalue weighted by molar-refractivity contribution is -0.137. The zero-order valence-electron chi connectivity index (χ0n) is 17.1. The van der Waals surface area contributed by atoms with Crippen LogP contribution in [0.5, 0.6) is 0 Å². The zero-order chi connectivity index (χ0) is 21.6. The van der Waals surface area contributed by atoms with Crippen LogP contribution >= 0.6 is 24.8 Å². The standard InChI is InChI=1S/C21H19F3N6O.2ClH/c22-21(23,24)14-3-1-13(2-4-14)16-11-26-19(29-16)20(31)6-9-30(10-7-20)18-15-5-8-25-17(15)27-12-28-18;;/h1-5,8,11-12,31H,6-7,9-10H2,(H,26,29)(H,25,27,28);2*1H. The summed E-state index contributed by atoms with van der Waals surface area (Å²) >= 11 is 0. The number of hydrogen-bond donors (Lipinski definition) is 3. The van der Waals surface area contributed by atoms with Crippen molar-refractivity contribution in [3.63, 3.8) is 0 Å². The molecule has 1 aliphatic rings. The fourth-order valence-corrected chi connectivity index (χ4v) is 3.98. The summed E-state index contributed by atoms with van der Waals surface area (Å²) < 4.78 is 38.3. The monoisotopic (exact) mass is 500 g/mol. The summed E-state index contributed by atoms with van der Waals surface area (Å²) in [5, 5.41) is 12.1. The number of imidazole rings is 1. The van der Waals surface area contributed by atoms with E-state index < -0.39 is 17.3 Å². The predicted molar refractivity (Wildman–Crippen MR) is 123 cm³/mol. The van der Waals surface area contributed by atoms with Crippen LogP contribution in [0, 0.1) is 0 Å². The molecule has 1 fully saturated rings. The molecule has 4 heterocycles. The van der Waals surface area contributed by atoms with Crippen molar-refractivity contribution < 1.29 is 18.3 Å². The molecule has 1 aliphatic heterocycles. The molecule has 4 aromatic rings. The molecule has 0 aliphatic carbocycles. The summed E-state index contributed by atoms with van der Waals surface area (Å²) in [4.78, 5) is 21.2. The van der Waals surface area contributed by atoms with Crippen LogP contribution in [0.4, 0.5) is 19.0 Å². The maximum absolute atomic E-state index is 12.8. The average Bonchev–Trinajstić information content (AvgIpc) is 3.44. The lowest BCUT2D eigenvalue weighted by atomic mass is 9.90. The molecule has 3 aromatic heterocycles. The summed E-state index contributed by atoms with van der Waals surface area (Å²) in [5.74, 6) is 1.23. The average molecular weight is 501 g/mol. The molecule has 3 N–H and O–H groups in total. The fourth-order valence-electron chi connectivity index (χ4n) is 3.98. The molecule has 7 nitrogen and oxygen atoms in total. The van der Waals surface area contributed by atoms with Gasteiger partial charge in [-0.2, -0.15) is 13.2 Å². The van der Waals surface area contributed by atoms with Gasteiger partial charge in [-0.15, -0.1) is 24.8 Å². The van der Waals surface area contributed by atoms with Crippen molar-refractivity contribution in [1.82, 2.24) is 24.9 Å². The third kappa shape index (κ3) is 4.64. The molecule has 0 spiro atoms. The second-order valence-corrected chi connectivity index (χ2v) is 7.68. The van der Waals surface area contributed by atoms with Crippen LogP contribution in [-0.4, -0.2) is 43.1 Å². The minimum atomic E-state index is -4.38. The predicted octanol–water partition coefficient (Wildman–Crippen LogP) is 4.70. The molecule has 12 heteroatoms. The van der Waals surface area contributed by atoms with Gasteiger partial charge in [-0.3, -0.25) is 0 Å². The minimum Gasteiger partial charge on any atom is -0.382 e. The topological polar surface area (TPSA) is 93.7 Å². The van der Waals surface area contributed by atoms with E-state index in [0.717, 1.165) is 29.0 Å². The molecule has 176 valence electrons. The molecule has 0 radical (unpaired) electrons. The van der Waals surface area contributed by atoms with Gasteiger partial charge >= 0.3 is 6.18 Å². The first-order chi connectivity index (χ1) is 14.8. The Hall–Kier alpha value is -2.82. The number of aliphatic hydroxyl groups is 1. The number of nitrogens with one attached hydrogen (secondary N) is 2. The first-order valence-corrected chi connectivity index (χ1v) is 9.82. The maximum atomic E-state index is 12.8. The third-order valence-corrected chi connectivity index (χ3v) is 5.76. The van der Waals surface area contributed by atoms with E-state index in [-0.39, 0.29) is 24.8 Å². The molecule has 0 unspecified atom stereocenters. The van der Waals surface area contributed by atoms with Crippen molar-refractivity contribution in [2.45, 2.75) is 24.6 Å². The smallest absolute Gasteiger partial charge is 0.382 e. The van der Waals surface area contributed by atoms with Gasteiger partial charge in [-0.25, -0.2) is 15.0 Å². The van der Waals surface area contributed by atoms with Crippen LogP contribution in [-0.2, 0) is 11.8 Å². The Labute approximate surface area is 199 Å². The number of aromatic amines is 2. The van der Waals surface area contributed by atoms with E-state index in [1.54, 1.807) is 0 Å². The van der Waals surface area contributed by atoms with E-state index in [1.165, 1.54) is 24.7 Å². The molecule has 0 atom stereocenters. The number of alkyl halides is 3. The van der Waals surface area contributed by atoms with Gasteiger partial charge in [-0.1, -0.05) is 12.1 Å². The van der Waals surface area contributed by atoms with Gasteiger partial charge in [0.15, 0.2) is 0 Å². The molecule has 5 rings (SSSR count). The molecular weight excluding hydrogens is 480 g/mol. The van der Waals surface area contributed by atoms with Gasteiger partial charge in [0.25, 0.3) is 0 Å². The molecule has 0 amide bonds. The van der Waals surface area contributed by atoms with Gasteiger partial charge in [-0.05, 0) is 23.8 Å². The quantitative estimate of drug-likeness (QED) is 0.379. The summed E-state index contributed by atoms with van der Waals surface area (Å²) in [6.45, 7) is 1.15. The number of aromatic nitrogens is 5. The Bertz CT molecular complexity index is 1220. The van der Waals surface area contributed by atoms with Crippen molar-refractivity contribution in [2.24, 2.45) is 0 Å². The third-order valence-electron chi connectivity index (χ3n) is 5.76. The number of rotatable bonds is 3. The van der Waals surface area contributed by atoms with Crippen molar-refractivity contribution in [1.29, 1.82) is 0 Å². The van der Waals surface area contributed by atoms with Crippen molar-refractivity contribution in [3.05, 3.63) is 60.4 Å². The number of benzene rings is 1. The fraction of sp³-hybridized carbons (Fsp3) is 0.286. The van der Waals surface area contributed by atoms with Crippen molar-refractivity contribution >= 4 is 41.7 Å². The first kappa shape index (κ1) is 24.8. The Morgan fingerprint density at radius 1 is 0.970 bits per heavy atom. The zero-order valence-corrected chi connectivity index (χ0v) is 18.8. The first-order valence-electron chi connectivity index (χ1n) is 9.82. The number of hydrogen-bond acceptors (Lipinski definition) is 5. The second kappa shape index (κ2) is 9.20. The van der Waals surface area contributed by atoms with Crippen molar-refractivity contribution in [3.8, 4) is 11.3 Å². The largest absolute Gasteiger partial charge is 0.416 e. The van der Waals surface area contributed by atoms with Gasteiger partial charge in [0, 0.05) is 32.1 Å². The van der Waals surface area contributed by atoms with E-state index in [0.29, 0.717) is 43.0 Å². The highest BCUT2D eigenvalue weighted by molar-refractivity contribution is 5.87. The van der Waals surface area contributed by atoms with Crippen LogP contribution in [0.3, 0.4) is 0 Å². The van der Waals surface area contributed by atoms with E-state index in [4.69, 9.17) is 0 Å². The minimum absolute atomic E-state index is 0. The van der Waals surface area contributed by atoms with Gasteiger partial charge in [0.1, 0.15) is 29.2 Å². The normalized spacial score (nSPS) is 15.7. The number of H-pyrrole nitrogens is 2. The Balaban J connectivity index is 0.00000153. The summed E-state index contributed by atoms with van der Waals surface area (Å²) in [6, 6.07) is 6.78. The van der Waals surface area contributed by atoms with Crippen molar-refractivity contribution in [2.75, 3.05) is 18.0 Å². The lowest BCUT2D eigenvalue weighted by Crippen LogP contribution is -2.43. The molecule has 1 saturated heterocycles. The number of piperidine rings is 1. The van der Waals surface area contributed by atoms with E-state index in [1.807, 2.05) is 12.3 Å². The van der Waals surface area contributed by atoms with Crippen LogP contribution in [0.2, 0.25) is 0 Å². The summed E-state index contributed by atoms with van der Waals surface area (Å²) in [7, 11) is 0.